The first-order chi connectivity index (χ1) is 6.59. The van der Waals surface area contributed by atoms with Gasteiger partial charge in [0.25, 0.3) is 0 Å². The Morgan fingerprint density at radius 3 is 2.43 bits per heavy atom. The molecule has 0 aromatic carbocycles. The van der Waals surface area contributed by atoms with E-state index >= 15 is 0 Å². The fraction of sp³-hybridized carbons (Fsp3) is 0.750. The molecule has 0 radical (unpaired) electrons. The molecule has 0 spiro atoms. The molecule has 2 heteroatoms. The van der Waals surface area contributed by atoms with Crippen LogP contribution in [0.3, 0.4) is 0 Å². The lowest BCUT2D eigenvalue weighted by molar-refractivity contribution is -0.141. The molecule has 0 aliphatic heterocycles. The second-order valence-corrected chi connectivity index (χ2v) is 4.36. The minimum atomic E-state index is -0.190. The number of ether oxygens (including phenoxy) is 1. The zero-order valence-electron chi connectivity index (χ0n) is 9.38. The van der Waals surface area contributed by atoms with Gasteiger partial charge in [0.1, 0.15) is 0 Å². The molecule has 0 unspecified atom stereocenters. The summed E-state index contributed by atoms with van der Waals surface area (Å²) in [5.41, 5.74) is 1.19. The smallest absolute Gasteiger partial charge is 0.330 e. The number of rotatable bonds is 3. The predicted octanol–water partition coefficient (Wildman–Crippen LogP) is 3.07. The summed E-state index contributed by atoms with van der Waals surface area (Å²) < 4.78 is 5.07. The zero-order chi connectivity index (χ0) is 10.6. The van der Waals surface area contributed by atoms with E-state index in [9.17, 15) is 4.79 Å². The maximum absolute atomic E-state index is 11.3. The van der Waals surface area contributed by atoms with E-state index in [1.54, 1.807) is 6.08 Å². The van der Waals surface area contributed by atoms with E-state index in [-0.39, 0.29) is 12.1 Å². The second-order valence-electron chi connectivity index (χ2n) is 4.36. The molecular weight excluding hydrogens is 176 g/mol. The molecule has 14 heavy (non-hydrogen) atoms. The molecule has 1 saturated carbocycles. The van der Waals surface area contributed by atoms with Crippen molar-refractivity contribution < 1.29 is 9.53 Å². The van der Waals surface area contributed by atoms with Gasteiger partial charge in [-0.1, -0.05) is 18.4 Å². The summed E-state index contributed by atoms with van der Waals surface area (Å²) in [6.45, 7) is 5.78. The van der Waals surface area contributed by atoms with Crippen LogP contribution in [0.25, 0.3) is 0 Å². The summed E-state index contributed by atoms with van der Waals surface area (Å²) in [6.07, 6.45) is 6.71. The Morgan fingerprint density at radius 2 is 1.93 bits per heavy atom. The van der Waals surface area contributed by atoms with Crippen molar-refractivity contribution in [2.75, 3.05) is 0 Å². The average molecular weight is 196 g/mol. The number of hydrogen-bond donors (Lipinski definition) is 0. The topological polar surface area (TPSA) is 26.3 Å². The van der Waals surface area contributed by atoms with E-state index in [1.807, 2.05) is 20.8 Å². The normalized spacial score (nSPS) is 19.0. The van der Waals surface area contributed by atoms with Crippen LogP contribution < -0.4 is 0 Å². The maximum atomic E-state index is 11.3. The van der Waals surface area contributed by atoms with Crippen molar-refractivity contribution in [3.63, 3.8) is 0 Å². The molecular formula is C12H20O2. The van der Waals surface area contributed by atoms with Crippen molar-refractivity contribution in [1.29, 1.82) is 0 Å². The van der Waals surface area contributed by atoms with E-state index in [0.717, 1.165) is 0 Å². The highest BCUT2D eigenvalue weighted by Crippen LogP contribution is 2.30. The number of carbonyl (C=O) groups excluding carboxylic acids is 1. The van der Waals surface area contributed by atoms with Crippen molar-refractivity contribution in [3.05, 3.63) is 11.6 Å². The van der Waals surface area contributed by atoms with Gasteiger partial charge in [0, 0.05) is 6.08 Å². The van der Waals surface area contributed by atoms with Crippen LogP contribution in [-0.4, -0.2) is 12.1 Å². The van der Waals surface area contributed by atoms with Crippen LogP contribution in [0, 0.1) is 5.92 Å². The second kappa shape index (κ2) is 5.18. The number of carbonyl (C=O) groups is 1. The summed E-state index contributed by atoms with van der Waals surface area (Å²) in [5, 5.41) is 0. The van der Waals surface area contributed by atoms with Gasteiger partial charge in [0.05, 0.1) is 6.10 Å². The van der Waals surface area contributed by atoms with Crippen LogP contribution in [-0.2, 0) is 9.53 Å². The minimum absolute atomic E-state index is 0.0184. The Labute approximate surface area is 86.3 Å². The summed E-state index contributed by atoms with van der Waals surface area (Å²) in [7, 11) is 0. The molecule has 2 nitrogen and oxygen atoms in total. The largest absolute Gasteiger partial charge is 0.460 e. The lowest BCUT2D eigenvalue weighted by Crippen LogP contribution is -2.10. The Kier molecular flexibility index (Phi) is 4.18. The fourth-order valence-electron chi connectivity index (χ4n) is 1.95. The van der Waals surface area contributed by atoms with Gasteiger partial charge in [-0.2, -0.15) is 0 Å². The third-order valence-corrected chi connectivity index (χ3v) is 2.70. The monoisotopic (exact) mass is 196 g/mol. The quantitative estimate of drug-likeness (QED) is 0.512. The minimum Gasteiger partial charge on any atom is -0.460 e. The summed E-state index contributed by atoms with van der Waals surface area (Å²) >= 11 is 0. The zero-order valence-corrected chi connectivity index (χ0v) is 9.38. The van der Waals surface area contributed by atoms with Gasteiger partial charge in [-0.25, -0.2) is 4.79 Å². The van der Waals surface area contributed by atoms with Gasteiger partial charge in [0.2, 0.25) is 0 Å². The first-order valence-electron chi connectivity index (χ1n) is 5.48. The van der Waals surface area contributed by atoms with Crippen molar-refractivity contribution >= 4 is 5.97 Å². The van der Waals surface area contributed by atoms with Crippen molar-refractivity contribution in [2.24, 2.45) is 5.92 Å². The van der Waals surface area contributed by atoms with E-state index in [1.165, 1.54) is 31.3 Å². The average Bonchev–Trinajstić information content (AvgIpc) is 2.53. The molecule has 0 amide bonds. The third-order valence-electron chi connectivity index (χ3n) is 2.70. The van der Waals surface area contributed by atoms with E-state index in [2.05, 4.69) is 0 Å². The molecule has 0 bridgehead atoms. The molecule has 0 aromatic heterocycles. The Bertz CT molecular complexity index is 222. The van der Waals surface area contributed by atoms with Crippen molar-refractivity contribution in [2.45, 2.75) is 52.6 Å². The molecule has 0 heterocycles. The molecule has 1 rings (SSSR count). The molecule has 0 saturated heterocycles. The molecule has 1 aliphatic carbocycles. The van der Waals surface area contributed by atoms with Crippen LogP contribution in [0.2, 0.25) is 0 Å². The maximum Gasteiger partial charge on any atom is 0.330 e. The third kappa shape index (κ3) is 3.52. The van der Waals surface area contributed by atoms with Gasteiger partial charge < -0.3 is 4.74 Å². The van der Waals surface area contributed by atoms with Crippen LogP contribution in [0.5, 0.6) is 0 Å². The van der Waals surface area contributed by atoms with Gasteiger partial charge in [-0.05, 0) is 39.5 Å². The predicted molar refractivity (Wildman–Crippen MR) is 56.9 cm³/mol. The summed E-state index contributed by atoms with van der Waals surface area (Å²) in [4.78, 5) is 11.3. The highest BCUT2D eigenvalue weighted by Gasteiger charge is 2.17. The Morgan fingerprint density at radius 1 is 1.36 bits per heavy atom. The summed E-state index contributed by atoms with van der Waals surface area (Å²) in [6, 6.07) is 0. The molecule has 80 valence electrons. The van der Waals surface area contributed by atoms with E-state index < -0.39 is 0 Å². The fourth-order valence-corrected chi connectivity index (χ4v) is 1.95. The van der Waals surface area contributed by atoms with Crippen LogP contribution >= 0.6 is 0 Å². The van der Waals surface area contributed by atoms with Gasteiger partial charge in [-0.3, -0.25) is 0 Å². The lowest BCUT2D eigenvalue weighted by Gasteiger charge is -2.10. The van der Waals surface area contributed by atoms with Crippen molar-refractivity contribution in [1.82, 2.24) is 0 Å². The first-order valence-corrected chi connectivity index (χ1v) is 5.48. The highest BCUT2D eigenvalue weighted by molar-refractivity contribution is 5.82. The van der Waals surface area contributed by atoms with Crippen molar-refractivity contribution in [3.8, 4) is 0 Å². The summed E-state index contributed by atoms with van der Waals surface area (Å²) in [5.74, 6) is 0.430. The first kappa shape index (κ1) is 11.3. The van der Waals surface area contributed by atoms with Crippen LogP contribution in [0.15, 0.2) is 11.6 Å². The van der Waals surface area contributed by atoms with Crippen LogP contribution in [0.1, 0.15) is 46.5 Å². The van der Waals surface area contributed by atoms with E-state index in [0.29, 0.717) is 5.92 Å². The molecule has 1 fully saturated rings. The number of allylic oxidation sites excluding steroid dienone is 1. The molecule has 1 aliphatic rings. The SMILES string of the molecule is CC(=CC(=O)OC(C)C)C1CCCC1. The molecule has 0 N–H and O–H groups in total. The highest BCUT2D eigenvalue weighted by atomic mass is 16.5. The molecule has 0 aromatic rings. The lowest BCUT2D eigenvalue weighted by atomic mass is 9.99. The number of hydrogen-bond acceptors (Lipinski definition) is 2. The van der Waals surface area contributed by atoms with Crippen LogP contribution in [0.4, 0.5) is 0 Å². The standard InChI is InChI=1S/C12H20O2/c1-9(2)14-12(13)8-10(3)11-6-4-5-7-11/h8-9,11H,4-7H2,1-3H3. The Hall–Kier alpha value is -0.790. The Balaban J connectivity index is 2.45. The number of esters is 1. The van der Waals surface area contributed by atoms with Gasteiger partial charge in [0.15, 0.2) is 0 Å². The van der Waals surface area contributed by atoms with E-state index in [4.69, 9.17) is 4.74 Å². The molecule has 0 atom stereocenters. The van der Waals surface area contributed by atoms with Gasteiger partial charge in [-0.15, -0.1) is 0 Å². The van der Waals surface area contributed by atoms with Gasteiger partial charge >= 0.3 is 5.97 Å².